The van der Waals surface area contributed by atoms with Crippen LogP contribution in [0.15, 0.2) is 29.1 Å². The molecule has 3 rings (SSSR count). The molecule has 5 nitrogen and oxygen atoms in total. The van der Waals surface area contributed by atoms with Crippen molar-refractivity contribution < 1.29 is 14.6 Å². The second-order valence-corrected chi connectivity index (χ2v) is 5.39. The minimum absolute atomic E-state index is 0.0737. The summed E-state index contributed by atoms with van der Waals surface area (Å²) >= 11 is 0. The van der Waals surface area contributed by atoms with Crippen LogP contribution in [0.5, 0.6) is 5.75 Å². The number of fused-ring (bicyclic) bond motifs is 1. The third-order valence-corrected chi connectivity index (χ3v) is 4.17. The first kappa shape index (κ1) is 13.7. The second-order valence-electron chi connectivity index (χ2n) is 5.39. The standard InChI is InChI=1S/C16H17NO4/c1-21-11-6-7-13-12(8-11)15(18)9-14(16(19)20)17(13)10-4-2-3-5-10/h6-10H,2-5H2,1H3,(H,19,20). The lowest BCUT2D eigenvalue weighted by Gasteiger charge is -2.21. The molecule has 21 heavy (non-hydrogen) atoms. The summed E-state index contributed by atoms with van der Waals surface area (Å²) in [6.45, 7) is 0. The van der Waals surface area contributed by atoms with Crippen LogP contribution in [-0.4, -0.2) is 22.8 Å². The molecule has 1 heterocycles. The number of aromatic nitrogens is 1. The molecule has 1 aromatic heterocycles. The van der Waals surface area contributed by atoms with Crippen LogP contribution in [0, 0.1) is 0 Å². The number of carboxylic acid groups (broad SMARTS) is 1. The highest BCUT2D eigenvalue weighted by Gasteiger charge is 2.24. The number of hydrogen-bond donors (Lipinski definition) is 1. The Morgan fingerprint density at radius 1 is 1.29 bits per heavy atom. The molecule has 0 bridgehead atoms. The smallest absolute Gasteiger partial charge is 0.352 e. The fraction of sp³-hybridized carbons (Fsp3) is 0.375. The van der Waals surface area contributed by atoms with Crippen molar-refractivity contribution in [2.45, 2.75) is 31.7 Å². The molecule has 1 aromatic carbocycles. The molecular formula is C16H17NO4. The molecule has 0 saturated heterocycles. The molecule has 1 fully saturated rings. The number of ether oxygens (including phenoxy) is 1. The van der Waals surface area contributed by atoms with Crippen molar-refractivity contribution in [1.82, 2.24) is 4.57 Å². The fourth-order valence-electron chi connectivity index (χ4n) is 3.17. The van der Waals surface area contributed by atoms with Gasteiger partial charge in [-0.1, -0.05) is 12.8 Å². The maximum Gasteiger partial charge on any atom is 0.352 e. The van der Waals surface area contributed by atoms with Crippen LogP contribution in [0.4, 0.5) is 0 Å². The number of rotatable bonds is 3. The van der Waals surface area contributed by atoms with Gasteiger partial charge in [0.05, 0.1) is 12.6 Å². The predicted molar refractivity (Wildman–Crippen MR) is 79.2 cm³/mol. The van der Waals surface area contributed by atoms with E-state index in [1.165, 1.54) is 6.07 Å². The minimum atomic E-state index is -1.06. The number of methoxy groups -OCH3 is 1. The van der Waals surface area contributed by atoms with Crippen molar-refractivity contribution in [1.29, 1.82) is 0 Å². The van der Waals surface area contributed by atoms with E-state index in [1.807, 2.05) is 4.57 Å². The molecule has 1 aliphatic rings. The first-order chi connectivity index (χ1) is 10.1. The fourth-order valence-corrected chi connectivity index (χ4v) is 3.17. The summed E-state index contributed by atoms with van der Waals surface area (Å²) in [5.41, 5.74) is 0.465. The Morgan fingerprint density at radius 2 is 2.00 bits per heavy atom. The Balaban J connectivity index is 2.34. The van der Waals surface area contributed by atoms with Crippen LogP contribution < -0.4 is 10.2 Å². The van der Waals surface area contributed by atoms with Gasteiger partial charge < -0.3 is 14.4 Å². The lowest BCUT2D eigenvalue weighted by Crippen LogP contribution is -2.20. The number of benzene rings is 1. The van der Waals surface area contributed by atoms with Gasteiger partial charge in [0.15, 0.2) is 5.43 Å². The number of aromatic carboxylic acids is 1. The zero-order chi connectivity index (χ0) is 15.0. The zero-order valence-electron chi connectivity index (χ0n) is 11.8. The molecule has 0 aliphatic heterocycles. The third-order valence-electron chi connectivity index (χ3n) is 4.17. The highest BCUT2D eigenvalue weighted by molar-refractivity contribution is 5.91. The Hall–Kier alpha value is -2.30. The second kappa shape index (κ2) is 5.24. The normalized spacial score (nSPS) is 15.5. The molecule has 110 valence electrons. The van der Waals surface area contributed by atoms with Gasteiger partial charge in [-0.3, -0.25) is 4.79 Å². The van der Waals surface area contributed by atoms with E-state index in [1.54, 1.807) is 25.3 Å². The Morgan fingerprint density at radius 3 is 2.62 bits per heavy atom. The topological polar surface area (TPSA) is 68.5 Å². The van der Waals surface area contributed by atoms with E-state index in [9.17, 15) is 14.7 Å². The van der Waals surface area contributed by atoms with Gasteiger partial charge in [-0.15, -0.1) is 0 Å². The van der Waals surface area contributed by atoms with E-state index in [-0.39, 0.29) is 17.2 Å². The van der Waals surface area contributed by atoms with Crippen molar-refractivity contribution in [2.24, 2.45) is 0 Å². The molecule has 1 N–H and O–H groups in total. The number of carbonyl (C=O) groups is 1. The van der Waals surface area contributed by atoms with Gasteiger partial charge in [0.1, 0.15) is 11.4 Å². The lowest BCUT2D eigenvalue weighted by atomic mass is 10.1. The molecule has 0 unspecified atom stereocenters. The van der Waals surface area contributed by atoms with Gasteiger partial charge >= 0.3 is 5.97 Å². The lowest BCUT2D eigenvalue weighted by molar-refractivity contribution is 0.0682. The maximum atomic E-state index is 12.2. The highest BCUT2D eigenvalue weighted by atomic mass is 16.5. The summed E-state index contributed by atoms with van der Waals surface area (Å²) in [5.74, 6) is -0.461. The average molecular weight is 287 g/mol. The number of hydrogen-bond acceptors (Lipinski definition) is 3. The molecule has 1 aliphatic carbocycles. The summed E-state index contributed by atoms with van der Waals surface area (Å²) in [6, 6.07) is 6.59. The average Bonchev–Trinajstić information content (AvgIpc) is 3.00. The summed E-state index contributed by atoms with van der Waals surface area (Å²) in [4.78, 5) is 23.7. The van der Waals surface area contributed by atoms with Gasteiger partial charge in [0, 0.05) is 17.5 Å². The summed E-state index contributed by atoms with van der Waals surface area (Å²) in [5, 5.41) is 9.93. The largest absolute Gasteiger partial charge is 0.497 e. The summed E-state index contributed by atoms with van der Waals surface area (Å²) < 4.78 is 6.97. The molecule has 1 saturated carbocycles. The van der Waals surface area contributed by atoms with E-state index in [4.69, 9.17) is 4.74 Å². The van der Waals surface area contributed by atoms with Crippen LogP contribution in [-0.2, 0) is 0 Å². The number of carboxylic acids is 1. The van der Waals surface area contributed by atoms with Crippen molar-refractivity contribution in [3.05, 3.63) is 40.2 Å². The molecule has 2 aromatic rings. The first-order valence-electron chi connectivity index (χ1n) is 7.08. The zero-order valence-corrected chi connectivity index (χ0v) is 11.8. The van der Waals surface area contributed by atoms with E-state index >= 15 is 0 Å². The van der Waals surface area contributed by atoms with Crippen molar-refractivity contribution in [3.63, 3.8) is 0 Å². The van der Waals surface area contributed by atoms with Crippen molar-refractivity contribution in [2.75, 3.05) is 7.11 Å². The molecule has 0 spiro atoms. The van der Waals surface area contributed by atoms with E-state index in [0.717, 1.165) is 25.7 Å². The van der Waals surface area contributed by atoms with Gasteiger partial charge in [0.2, 0.25) is 0 Å². The van der Waals surface area contributed by atoms with Gasteiger partial charge in [-0.25, -0.2) is 4.79 Å². The molecule has 5 heteroatoms. The maximum absolute atomic E-state index is 12.2. The molecule has 0 atom stereocenters. The van der Waals surface area contributed by atoms with Crippen molar-refractivity contribution >= 4 is 16.9 Å². The summed E-state index contributed by atoms with van der Waals surface area (Å²) in [6.07, 6.45) is 4.08. The van der Waals surface area contributed by atoms with E-state index < -0.39 is 5.97 Å². The Kier molecular flexibility index (Phi) is 3.41. The number of nitrogens with zero attached hydrogens (tertiary/aromatic N) is 1. The van der Waals surface area contributed by atoms with Gasteiger partial charge in [-0.2, -0.15) is 0 Å². The monoisotopic (exact) mass is 287 g/mol. The third kappa shape index (κ3) is 2.28. The Labute approximate surface area is 121 Å². The van der Waals surface area contributed by atoms with Crippen LogP contribution in [0.2, 0.25) is 0 Å². The quantitative estimate of drug-likeness (QED) is 0.942. The molecular weight excluding hydrogens is 270 g/mol. The van der Waals surface area contributed by atoms with E-state index in [0.29, 0.717) is 16.7 Å². The first-order valence-corrected chi connectivity index (χ1v) is 7.08. The number of pyridine rings is 1. The predicted octanol–water partition coefficient (Wildman–Crippen LogP) is 2.82. The molecule has 0 radical (unpaired) electrons. The van der Waals surface area contributed by atoms with E-state index in [2.05, 4.69) is 0 Å². The SMILES string of the molecule is COc1ccc2c(c1)c(=O)cc(C(=O)O)n2C1CCCC1. The van der Waals surface area contributed by atoms with Crippen LogP contribution >= 0.6 is 0 Å². The Bertz CT molecular complexity index is 757. The van der Waals surface area contributed by atoms with Crippen LogP contribution in [0.3, 0.4) is 0 Å². The van der Waals surface area contributed by atoms with Crippen LogP contribution in [0.1, 0.15) is 42.2 Å². The van der Waals surface area contributed by atoms with Gasteiger partial charge in [-0.05, 0) is 31.0 Å². The molecule has 0 amide bonds. The van der Waals surface area contributed by atoms with Crippen molar-refractivity contribution in [3.8, 4) is 5.75 Å². The minimum Gasteiger partial charge on any atom is -0.497 e. The summed E-state index contributed by atoms with van der Waals surface area (Å²) in [7, 11) is 1.54. The highest BCUT2D eigenvalue weighted by Crippen LogP contribution is 2.33. The van der Waals surface area contributed by atoms with Crippen LogP contribution in [0.25, 0.3) is 10.9 Å². The van der Waals surface area contributed by atoms with Gasteiger partial charge in [0.25, 0.3) is 0 Å².